The lowest BCUT2D eigenvalue weighted by atomic mass is 10.00. The standard InChI is InChI=1S/2C48H28N2S2.C42H23NOS2/c1-2-12-29(13-3-1)50-40-21-7-4-14-31(40)33-25-26-42-45(46(33)50)38-16-5-8-22-41(38)49(42)30-24-27-44-39(28-30)37-20-11-19-36(48(37)52-44)35-18-10-17-34-32-15-6-9-23-43(32)51-47(34)35;1-2-12-29(13-3-1)49-41-21-7-4-14-31(41)34-25-26-35-32-15-5-8-22-42(32)50(46(35)45(34)49)30-24-27-44-40(28-30)39-20-11-19-38(48(39)52-44)37-18-10-17-36-33-16-6-9-23-43(33)51-47(36)37;1-4-16-35-25(9-1)32-22-34-27-11-3-6-18-38(27)45-40(34)23-36(32)43(35)24-19-20-39-33(21-24)31-15-8-14-30(42(31)46-39)29-13-7-12-28-26-10-2-5-17-37(26)44-41(28)29/h2*1-28H;1-23H. The monoisotopic (exact) mass is 2010 g/mol. The van der Waals surface area contributed by atoms with Crippen LogP contribution in [0.15, 0.2) is 484 Å². The maximum Gasteiger partial charge on any atom is 0.143 e. The van der Waals surface area contributed by atoms with Crippen molar-refractivity contribution in [1.82, 2.24) is 22.8 Å². The number of hydrogen-bond acceptors (Lipinski definition) is 7. The summed E-state index contributed by atoms with van der Waals surface area (Å²) >= 11 is 11.4. The number of nitrogens with zero attached hydrogens (tertiary/aromatic N) is 5. The van der Waals surface area contributed by atoms with Crippen molar-refractivity contribution >= 4 is 320 Å². The van der Waals surface area contributed by atoms with Gasteiger partial charge in [0.25, 0.3) is 0 Å². The van der Waals surface area contributed by atoms with Crippen molar-refractivity contribution in [2.24, 2.45) is 0 Å². The van der Waals surface area contributed by atoms with Crippen LogP contribution >= 0.6 is 68.0 Å². The molecule has 0 fully saturated rings. The molecule has 0 spiro atoms. The van der Waals surface area contributed by atoms with Crippen molar-refractivity contribution < 1.29 is 4.42 Å². The molecule has 0 saturated heterocycles. The molecule has 0 amide bonds. The summed E-state index contributed by atoms with van der Waals surface area (Å²) < 4.78 is 34.7. The van der Waals surface area contributed by atoms with Crippen LogP contribution in [0.25, 0.3) is 314 Å². The summed E-state index contributed by atoms with van der Waals surface area (Å²) in [5, 5.41) is 30.8. The molecule has 0 radical (unpaired) electrons. The summed E-state index contributed by atoms with van der Waals surface area (Å²) in [5.74, 6) is 0. The molecule has 0 bridgehead atoms. The Morgan fingerprint density at radius 3 is 0.907 bits per heavy atom. The Kier molecular flexibility index (Phi) is 18.5. The number of furan rings is 1. The fraction of sp³-hybridized carbons (Fsp3) is 0. The summed E-state index contributed by atoms with van der Waals surface area (Å²) in [6, 6.07) is 176. The minimum absolute atomic E-state index is 0.928. The van der Waals surface area contributed by atoms with E-state index in [0.29, 0.717) is 0 Å². The first-order valence-electron chi connectivity index (χ1n) is 50.9. The number of rotatable bonds is 8. The second-order valence-electron chi connectivity index (χ2n) is 39.3. The summed E-state index contributed by atoms with van der Waals surface area (Å²) in [6.45, 7) is 0. The third-order valence-electron chi connectivity index (χ3n) is 31.4. The normalized spacial score (nSPS) is 12.3. The first kappa shape index (κ1) is 84.4. The molecular formula is C138H79N5OS6. The average molecular weight is 2020 g/mol. The molecular weight excluding hydrogens is 1940 g/mol. The molecule has 698 valence electrons. The molecule has 0 N–H and O–H groups in total. The van der Waals surface area contributed by atoms with Gasteiger partial charge in [-0.15, -0.1) is 68.0 Å². The average Bonchev–Trinajstić information content (AvgIpc) is 1.53. The van der Waals surface area contributed by atoms with Crippen molar-refractivity contribution in [2.45, 2.75) is 0 Å². The molecule has 150 heavy (non-hydrogen) atoms. The zero-order valence-electron chi connectivity index (χ0n) is 80.2. The maximum atomic E-state index is 6.46. The van der Waals surface area contributed by atoms with E-state index >= 15 is 0 Å². The largest absolute Gasteiger partial charge is 0.455 e. The van der Waals surface area contributed by atoms with Crippen molar-refractivity contribution in [3.63, 3.8) is 0 Å². The molecule has 35 aromatic rings. The molecule has 0 unspecified atom stereocenters. The van der Waals surface area contributed by atoms with E-state index in [1.807, 2.05) is 74.1 Å². The predicted molar refractivity (Wildman–Crippen MR) is 652 cm³/mol. The Balaban J connectivity index is 0.0000000976. The van der Waals surface area contributed by atoms with E-state index in [9.17, 15) is 0 Å². The summed E-state index contributed by atoms with van der Waals surface area (Å²) in [6.07, 6.45) is 0. The number of aromatic nitrogens is 5. The van der Waals surface area contributed by atoms with Gasteiger partial charge in [0.15, 0.2) is 0 Å². The van der Waals surface area contributed by atoms with Gasteiger partial charge in [-0.25, -0.2) is 0 Å². The molecule has 12 heterocycles. The van der Waals surface area contributed by atoms with E-state index in [1.54, 1.807) is 0 Å². The minimum Gasteiger partial charge on any atom is -0.455 e. The molecule has 0 atom stereocenters. The van der Waals surface area contributed by atoms with Crippen LogP contribution in [-0.2, 0) is 0 Å². The van der Waals surface area contributed by atoms with Crippen molar-refractivity contribution in [3.8, 4) is 61.8 Å². The van der Waals surface area contributed by atoms with Crippen LogP contribution < -0.4 is 0 Å². The van der Waals surface area contributed by atoms with Crippen LogP contribution in [0.4, 0.5) is 0 Å². The first-order chi connectivity index (χ1) is 74.4. The van der Waals surface area contributed by atoms with E-state index < -0.39 is 0 Å². The molecule has 6 nitrogen and oxygen atoms in total. The Morgan fingerprint density at radius 1 is 0.140 bits per heavy atom. The number of benzene rings is 23. The van der Waals surface area contributed by atoms with E-state index in [4.69, 9.17) is 4.42 Å². The highest BCUT2D eigenvalue weighted by Gasteiger charge is 2.29. The van der Waals surface area contributed by atoms with Crippen LogP contribution in [-0.4, -0.2) is 22.8 Å². The highest BCUT2D eigenvalue weighted by Crippen LogP contribution is 2.54. The molecule has 0 aliphatic heterocycles. The van der Waals surface area contributed by atoms with E-state index in [0.717, 1.165) is 27.5 Å². The highest BCUT2D eigenvalue weighted by molar-refractivity contribution is 7.29. The van der Waals surface area contributed by atoms with Crippen LogP contribution in [0, 0.1) is 0 Å². The third-order valence-corrected chi connectivity index (χ3v) is 38.7. The minimum atomic E-state index is 0.928. The molecule has 23 aromatic carbocycles. The number of hydrogen-bond donors (Lipinski definition) is 0. The van der Waals surface area contributed by atoms with E-state index in [-0.39, 0.29) is 0 Å². The lowest BCUT2D eigenvalue weighted by molar-refractivity contribution is 0.670. The Bertz CT molecular complexity index is 12000. The van der Waals surface area contributed by atoms with Crippen LogP contribution in [0.2, 0.25) is 0 Å². The first-order valence-corrected chi connectivity index (χ1v) is 55.8. The molecule has 12 aromatic heterocycles. The Morgan fingerprint density at radius 2 is 0.440 bits per heavy atom. The van der Waals surface area contributed by atoms with Gasteiger partial charge in [0.2, 0.25) is 0 Å². The predicted octanol–water partition coefficient (Wildman–Crippen LogP) is 41.7. The molecule has 0 saturated carbocycles. The van der Waals surface area contributed by atoms with Crippen molar-refractivity contribution in [1.29, 1.82) is 0 Å². The topological polar surface area (TPSA) is 37.8 Å². The smallest absolute Gasteiger partial charge is 0.143 e. The highest BCUT2D eigenvalue weighted by atomic mass is 32.1. The van der Waals surface area contributed by atoms with Crippen LogP contribution in [0.1, 0.15) is 0 Å². The zero-order valence-corrected chi connectivity index (χ0v) is 85.1. The van der Waals surface area contributed by atoms with Gasteiger partial charge in [0, 0.05) is 247 Å². The molecule has 0 aliphatic rings. The number of fused-ring (bicyclic) bond motifs is 38. The van der Waals surface area contributed by atoms with Gasteiger partial charge in [0.05, 0.1) is 55.2 Å². The number of thiophene rings is 6. The van der Waals surface area contributed by atoms with Gasteiger partial charge in [-0.3, -0.25) is 0 Å². The van der Waals surface area contributed by atoms with Gasteiger partial charge in [0.1, 0.15) is 11.2 Å². The second kappa shape index (κ2) is 32.8. The summed E-state index contributed by atoms with van der Waals surface area (Å²) in [4.78, 5) is 0. The van der Waals surface area contributed by atoms with E-state index in [2.05, 4.69) is 496 Å². The lowest BCUT2D eigenvalue weighted by Crippen LogP contribution is -1.98. The van der Waals surface area contributed by atoms with Crippen molar-refractivity contribution in [2.75, 3.05) is 0 Å². The van der Waals surface area contributed by atoms with Gasteiger partial charge >= 0.3 is 0 Å². The third kappa shape index (κ3) is 12.4. The molecule has 12 heteroatoms. The summed E-state index contributed by atoms with van der Waals surface area (Å²) in [5.41, 5.74) is 27.6. The van der Waals surface area contributed by atoms with Crippen LogP contribution in [0.5, 0.6) is 0 Å². The molecule has 0 aliphatic carbocycles. The maximum absolute atomic E-state index is 6.46. The quantitative estimate of drug-likeness (QED) is 0.149. The fourth-order valence-electron chi connectivity index (χ4n) is 25.0. The Hall–Kier alpha value is -17.8. The summed E-state index contributed by atoms with van der Waals surface area (Å²) in [7, 11) is 0. The van der Waals surface area contributed by atoms with Gasteiger partial charge < -0.3 is 27.3 Å². The van der Waals surface area contributed by atoms with E-state index in [1.165, 1.54) is 286 Å². The SMILES string of the molecule is c1ccc(-n2c3ccccc3c3ccc4c(c5ccccc5n4-c4ccc5sc6c(-c7cccc8c7sc7ccccc78)cccc6c5c4)c32)cc1.c1ccc(-n2c3ccccc3c3ccc4c5ccccc5n(-c5ccc6sc7c(-c8cccc9c8sc8ccccc89)cccc7c6c5)c4c32)cc1.c1ccc2c(c1)oc1c(-c3cccc4c3sc3ccc(-n5c6ccccc6c6cc7c(cc65)sc5ccccc57)cc34)cccc12. The van der Waals surface area contributed by atoms with Crippen molar-refractivity contribution in [3.05, 3.63) is 479 Å². The molecule has 35 rings (SSSR count). The second-order valence-corrected chi connectivity index (χ2v) is 45.7. The van der Waals surface area contributed by atoms with Gasteiger partial charge in [-0.2, -0.15) is 0 Å². The zero-order chi connectivity index (χ0) is 97.8. The van der Waals surface area contributed by atoms with Crippen LogP contribution in [0.3, 0.4) is 0 Å². The Labute approximate surface area is 880 Å². The lowest BCUT2D eigenvalue weighted by Gasteiger charge is -2.12. The van der Waals surface area contributed by atoms with Gasteiger partial charge in [-0.1, -0.05) is 328 Å². The van der Waals surface area contributed by atoms with Gasteiger partial charge in [-0.05, 0) is 152 Å². The number of para-hydroxylation sites is 9. The fourth-order valence-corrected chi connectivity index (χ4v) is 32.2.